The number of nitrogens with one attached hydrogen (secondary N) is 1. The molecule has 1 fully saturated rings. The fourth-order valence-corrected chi connectivity index (χ4v) is 6.23. The monoisotopic (exact) mass is 492 g/mol. The molecule has 6 heteroatoms. The number of carbonyl (C=O) groups excluding carboxylic acids is 1. The molecule has 2 aromatic rings. The lowest BCUT2D eigenvalue weighted by molar-refractivity contribution is -0.139. The molecule has 0 saturated heterocycles. The number of rotatable bonds is 6. The zero-order valence-corrected chi connectivity index (χ0v) is 23.1. The van der Waals surface area contributed by atoms with Crippen LogP contribution in [-0.2, 0) is 16.0 Å². The minimum Gasteiger partial charge on any atom is -0.496 e. The number of benzene rings is 2. The molecule has 2 aliphatic rings. The van der Waals surface area contributed by atoms with E-state index in [2.05, 4.69) is 77.3 Å². The van der Waals surface area contributed by atoms with Gasteiger partial charge in [0.15, 0.2) is 5.69 Å². The molecule has 1 aliphatic heterocycles. The molecular weight excluding hydrogens is 450 g/mol. The molecule has 0 bridgehead atoms. The molecule has 2 aromatic carbocycles. The van der Waals surface area contributed by atoms with Crippen LogP contribution < -0.4 is 14.5 Å². The van der Waals surface area contributed by atoms with Crippen molar-refractivity contribution in [3.8, 4) is 5.75 Å². The number of hydrogen-bond donors (Lipinski definition) is 1. The number of carbonyl (C=O) groups is 1. The normalized spacial score (nSPS) is 24.8. The Morgan fingerprint density at radius 2 is 1.86 bits per heavy atom. The van der Waals surface area contributed by atoms with Gasteiger partial charge in [-0.1, -0.05) is 46.8 Å². The molecule has 194 valence electrons. The third kappa shape index (κ3) is 5.01. The average molecular weight is 493 g/mol. The highest BCUT2D eigenvalue weighted by Gasteiger charge is 2.51. The molecule has 1 N–H and O–H groups in total. The lowest BCUT2D eigenvalue weighted by Gasteiger charge is -2.46. The maximum atomic E-state index is 12.1. The maximum absolute atomic E-state index is 12.1. The van der Waals surface area contributed by atoms with E-state index in [1.807, 2.05) is 6.07 Å². The summed E-state index contributed by atoms with van der Waals surface area (Å²) in [6, 6.07) is 13.1. The van der Waals surface area contributed by atoms with Crippen molar-refractivity contribution in [2.45, 2.75) is 72.3 Å². The summed E-state index contributed by atoms with van der Waals surface area (Å²) in [6.07, 6.45) is 3.61. The molecule has 0 spiro atoms. The van der Waals surface area contributed by atoms with Gasteiger partial charge < -0.3 is 9.47 Å². The first-order chi connectivity index (χ1) is 17.0. The van der Waals surface area contributed by atoms with Gasteiger partial charge in [-0.05, 0) is 47.4 Å². The highest BCUT2D eigenvalue weighted by molar-refractivity contribution is 6.09. The molecule has 36 heavy (non-hydrogen) atoms. The summed E-state index contributed by atoms with van der Waals surface area (Å²) in [5.74, 6) is 2.43. The molecule has 1 aliphatic carbocycles. The van der Waals surface area contributed by atoms with Crippen molar-refractivity contribution in [3.05, 3.63) is 47.5 Å². The third-order valence-electron chi connectivity index (χ3n) is 8.03. The SMILES string of the molecule is COC(=O)Cc1cc2c(cc1OC)[N+](C)([C@@H]1C[C@H](C)CC(C)(C)C1)C(Nc1ccc(C(C)C)cc1)=N2. The zero-order valence-electron chi connectivity index (χ0n) is 23.1. The molecule has 4 rings (SSSR count). The Labute approximate surface area is 216 Å². The summed E-state index contributed by atoms with van der Waals surface area (Å²) in [5.41, 5.74) is 5.38. The van der Waals surface area contributed by atoms with Crippen LogP contribution in [0.3, 0.4) is 0 Å². The second-order valence-electron chi connectivity index (χ2n) is 11.9. The van der Waals surface area contributed by atoms with Gasteiger partial charge in [-0.2, -0.15) is 4.99 Å². The minimum absolute atomic E-state index is 0.152. The first-order valence-electron chi connectivity index (χ1n) is 13.1. The van der Waals surface area contributed by atoms with Crippen molar-refractivity contribution < 1.29 is 14.3 Å². The van der Waals surface area contributed by atoms with Crippen LogP contribution in [0.4, 0.5) is 17.1 Å². The van der Waals surface area contributed by atoms with Crippen LogP contribution in [0.2, 0.25) is 0 Å². The van der Waals surface area contributed by atoms with Crippen molar-refractivity contribution in [2.24, 2.45) is 16.3 Å². The molecule has 6 nitrogen and oxygen atoms in total. The van der Waals surface area contributed by atoms with E-state index < -0.39 is 0 Å². The largest absolute Gasteiger partial charge is 0.496 e. The lowest BCUT2D eigenvalue weighted by Crippen LogP contribution is -2.61. The Bertz CT molecular complexity index is 1150. The first kappa shape index (κ1) is 26.2. The Morgan fingerprint density at radius 3 is 2.44 bits per heavy atom. The number of methoxy groups -OCH3 is 2. The standard InChI is InChI=1S/C30H42N3O3/c1-19(2)21-9-11-23(12-10-21)31-29-32-25-14-22(15-28(34)36-8)27(35-7)16-26(25)33(29,6)24-13-20(3)17-30(4,5)18-24/h9-12,14,16,19-20,24H,13,15,17-18H2,1-8H3,(H,31,32)/q+1/t20-,24+,33?/m0/s1. The van der Waals surface area contributed by atoms with Gasteiger partial charge in [0.1, 0.15) is 17.5 Å². The highest BCUT2D eigenvalue weighted by Crippen LogP contribution is 2.50. The number of ether oxygens (including phenoxy) is 2. The van der Waals surface area contributed by atoms with Crippen molar-refractivity contribution in [2.75, 3.05) is 26.6 Å². The average Bonchev–Trinajstić information content (AvgIpc) is 3.08. The van der Waals surface area contributed by atoms with E-state index in [0.717, 1.165) is 41.4 Å². The van der Waals surface area contributed by atoms with Crippen LogP contribution >= 0.6 is 0 Å². The van der Waals surface area contributed by atoms with E-state index in [0.29, 0.717) is 28.1 Å². The summed E-state index contributed by atoms with van der Waals surface area (Å²) < 4.78 is 11.3. The minimum atomic E-state index is -0.293. The van der Waals surface area contributed by atoms with Gasteiger partial charge in [-0.15, -0.1) is 0 Å². The van der Waals surface area contributed by atoms with E-state index in [1.165, 1.54) is 19.1 Å². The molecule has 0 aromatic heterocycles. The summed E-state index contributed by atoms with van der Waals surface area (Å²) in [5, 5.41) is 3.68. The van der Waals surface area contributed by atoms with Crippen LogP contribution in [0.5, 0.6) is 5.75 Å². The molecule has 1 heterocycles. The van der Waals surface area contributed by atoms with Crippen LogP contribution in [0.15, 0.2) is 41.4 Å². The third-order valence-corrected chi connectivity index (χ3v) is 8.03. The van der Waals surface area contributed by atoms with Crippen molar-refractivity contribution >= 4 is 29.0 Å². The van der Waals surface area contributed by atoms with Gasteiger partial charge in [0, 0.05) is 30.2 Å². The molecule has 1 unspecified atom stereocenters. The number of nitrogens with zero attached hydrogens (tertiary/aromatic N) is 2. The van der Waals surface area contributed by atoms with Crippen LogP contribution in [0, 0.1) is 11.3 Å². The van der Waals surface area contributed by atoms with Gasteiger partial charge in [0.05, 0.1) is 27.7 Å². The second kappa shape index (κ2) is 9.89. The first-order valence-corrected chi connectivity index (χ1v) is 13.1. The van der Waals surface area contributed by atoms with Crippen molar-refractivity contribution in [1.29, 1.82) is 0 Å². The summed E-state index contributed by atoms with van der Waals surface area (Å²) >= 11 is 0. The van der Waals surface area contributed by atoms with E-state index >= 15 is 0 Å². The van der Waals surface area contributed by atoms with Gasteiger partial charge in [-0.3, -0.25) is 10.1 Å². The number of hydrogen-bond acceptors (Lipinski definition) is 5. The van der Waals surface area contributed by atoms with E-state index in [1.54, 1.807) is 7.11 Å². The van der Waals surface area contributed by atoms with E-state index in [9.17, 15) is 4.79 Å². The Balaban J connectivity index is 1.80. The summed E-state index contributed by atoms with van der Waals surface area (Å²) in [4.78, 5) is 17.2. The van der Waals surface area contributed by atoms with Crippen LogP contribution in [0.25, 0.3) is 0 Å². The predicted octanol–water partition coefficient (Wildman–Crippen LogP) is 6.80. The number of guanidine groups is 1. The van der Waals surface area contributed by atoms with E-state index in [-0.39, 0.29) is 17.8 Å². The number of anilines is 1. The number of aliphatic imine (C=N–C) groups is 1. The highest BCUT2D eigenvalue weighted by atomic mass is 16.5. The smallest absolute Gasteiger partial charge is 0.312 e. The zero-order chi connectivity index (χ0) is 26.3. The molecule has 3 atom stereocenters. The molecule has 1 saturated carbocycles. The molecule has 0 amide bonds. The fourth-order valence-electron chi connectivity index (χ4n) is 6.23. The van der Waals surface area contributed by atoms with Crippen molar-refractivity contribution in [1.82, 2.24) is 4.48 Å². The predicted molar refractivity (Wildman–Crippen MR) is 148 cm³/mol. The van der Waals surface area contributed by atoms with Crippen LogP contribution in [-0.4, -0.2) is 39.2 Å². The van der Waals surface area contributed by atoms with Gasteiger partial charge in [-0.25, -0.2) is 4.48 Å². The van der Waals surface area contributed by atoms with E-state index in [4.69, 9.17) is 14.5 Å². The Hall–Kier alpha value is -2.86. The van der Waals surface area contributed by atoms with Gasteiger partial charge >= 0.3 is 11.9 Å². The summed E-state index contributed by atoms with van der Waals surface area (Å²) in [6.45, 7) is 11.5. The maximum Gasteiger partial charge on any atom is 0.312 e. The molecular formula is C30H42N3O3+. The number of quaternary nitrogens is 1. The lowest BCUT2D eigenvalue weighted by atomic mass is 9.69. The summed E-state index contributed by atoms with van der Waals surface area (Å²) in [7, 11) is 5.34. The Morgan fingerprint density at radius 1 is 1.17 bits per heavy atom. The van der Waals surface area contributed by atoms with Gasteiger partial charge in [0.25, 0.3) is 0 Å². The van der Waals surface area contributed by atoms with Crippen LogP contribution in [0.1, 0.15) is 70.9 Å². The van der Waals surface area contributed by atoms with Gasteiger partial charge in [0.2, 0.25) is 0 Å². The van der Waals surface area contributed by atoms with Crippen molar-refractivity contribution in [3.63, 3.8) is 0 Å². The Kier molecular flexibility index (Phi) is 7.20. The number of esters is 1. The second-order valence-corrected chi connectivity index (χ2v) is 11.9. The quantitative estimate of drug-likeness (QED) is 0.356. The topological polar surface area (TPSA) is 59.9 Å². The number of fused-ring (bicyclic) bond motifs is 1. The molecule has 0 radical (unpaired) electrons. The fraction of sp³-hybridized carbons (Fsp3) is 0.533.